The number of sulfonamides is 1. The summed E-state index contributed by atoms with van der Waals surface area (Å²) in [5, 5.41) is 0.384. The number of aromatic nitrogens is 2. The Kier molecular flexibility index (Phi) is 4.30. The Morgan fingerprint density at radius 2 is 2.33 bits per heavy atom. The van der Waals surface area contributed by atoms with E-state index in [9.17, 15) is 13.2 Å². The predicted molar refractivity (Wildman–Crippen MR) is 56.8 cm³/mol. The quantitative estimate of drug-likeness (QED) is 0.414. The van der Waals surface area contributed by atoms with Crippen molar-refractivity contribution in [2.45, 2.75) is 5.16 Å². The highest BCUT2D eigenvalue weighted by atomic mass is 32.2. The third-order valence-electron chi connectivity index (χ3n) is 1.42. The van der Waals surface area contributed by atoms with Gasteiger partial charge in [0.1, 0.15) is 0 Å². The average Bonchev–Trinajstić information content (AvgIpc) is 2.18. The average molecular weight is 247 g/mol. The molecule has 6 nitrogen and oxygen atoms in total. The van der Waals surface area contributed by atoms with Crippen LogP contribution in [0.2, 0.25) is 0 Å². The molecule has 0 atom stereocenters. The van der Waals surface area contributed by atoms with Gasteiger partial charge in [-0.25, -0.2) is 18.1 Å². The minimum absolute atomic E-state index is 0.132. The molecule has 8 heteroatoms. The van der Waals surface area contributed by atoms with E-state index in [0.717, 1.165) is 11.8 Å². The highest BCUT2D eigenvalue weighted by Gasteiger charge is 2.07. The van der Waals surface area contributed by atoms with Crippen LogP contribution in [0.5, 0.6) is 0 Å². The number of thioether (sulfide) groups is 1. The number of nitrogens with one attached hydrogen (secondary N) is 2. The molecule has 0 spiro atoms. The second kappa shape index (κ2) is 5.29. The molecule has 0 bridgehead atoms. The Morgan fingerprint density at radius 1 is 1.60 bits per heavy atom. The van der Waals surface area contributed by atoms with E-state index < -0.39 is 10.0 Å². The third kappa shape index (κ3) is 4.45. The van der Waals surface area contributed by atoms with Crippen LogP contribution in [0, 0.1) is 7.05 Å². The third-order valence-corrected chi connectivity index (χ3v) is 3.67. The zero-order chi connectivity index (χ0) is 11.3. The van der Waals surface area contributed by atoms with Gasteiger partial charge in [-0.15, -0.1) is 0 Å². The SMILES string of the molecule is [CH]NS(=O)(=O)CCSc1nccc(=O)[nH]1. The van der Waals surface area contributed by atoms with Gasteiger partial charge in [-0.1, -0.05) is 11.8 Å². The fraction of sp³-hybridized carbons (Fsp3) is 0.286. The summed E-state index contributed by atoms with van der Waals surface area (Å²) in [6.45, 7) is 0. The van der Waals surface area contributed by atoms with Gasteiger partial charge in [0.25, 0.3) is 5.56 Å². The lowest BCUT2D eigenvalue weighted by Crippen LogP contribution is -2.21. The van der Waals surface area contributed by atoms with E-state index in [2.05, 4.69) is 9.97 Å². The summed E-state index contributed by atoms with van der Waals surface area (Å²) in [6.07, 6.45) is 1.36. The molecule has 2 radical (unpaired) electrons. The first-order chi connectivity index (χ1) is 7.03. The number of hydrogen-bond donors (Lipinski definition) is 2. The normalized spacial score (nSPS) is 11.5. The summed E-state index contributed by atoms with van der Waals surface area (Å²) >= 11 is 1.14. The molecule has 2 N–H and O–H groups in total. The van der Waals surface area contributed by atoms with Crippen molar-refractivity contribution < 1.29 is 8.42 Å². The van der Waals surface area contributed by atoms with Crippen LogP contribution < -0.4 is 10.3 Å². The molecule has 0 aliphatic rings. The second-order valence-electron chi connectivity index (χ2n) is 2.52. The maximum absolute atomic E-state index is 10.9. The van der Waals surface area contributed by atoms with Gasteiger partial charge in [0.15, 0.2) is 5.16 Å². The molecule has 0 fully saturated rings. The fourth-order valence-corrected chi connectivity index (χ4v) is 2.56. The van der Waals surface area contributed by atoms with Crippen molar-refractivity contribution in [3.8, 4) is 0 Å². The Bertz CT molecular complexity index is 468. The van der Waals surface area contributed by atoms with Crippen LogP contribution in [0.1, 0.15) is 0 Å². The molecule has 0 saturated heterocycles. The molecule has 0 aromatic carbocycles. The number of nitrogens with zero attached hydrogens (tertiary/aromatic N) is 1. The zero-order valence-corrected chi connectivity index (χ0v) is 9.27. The van der Waals surface area contributed by atoms with E-state index in [1.54, 1.807) is 4.72 Å². The number of rotatable bonds is 5. The lowest BCUT2D eigenvalue weighted by Gasteiger charge is -2.00. The van der Waals surface area contributed by atoms with E-state index in [0.29, 0.717) is 5.16 Å². The minimum atomic E-state index is -3.41. The Balaban J connectivity index is 2.49. The van der Waals surface area contributed by atoms with Crippen molar-refractivity contribution in [3.63, 3.8) is 0 Å². The predicted octanol–water partition coefficient (Wildman–Crippen LogP) is -0.550. The minimum Gasteiger partial charge on any atom is -0.301 e. The number of H-pyrrole nitrogens is 1. The standard InChI is InChI=1S/C7H9N3O3S2/c1-8-15(12,13)5-4-14-7-9-3-2-6(11)10-7/h1-3,8H,4-5H2,(H,9,10,11). The van der Waals surface area contributed by atoms with Crippen molar-refractivity contribution in [2.24, 2.45) is 0 Å². The molecule has 0 aliphatic heterocycles. The van der Waals surface area contributed by atoms with Gasteiger partial charge < -0.3 is 4.98 Å². The van der Waals surface area contributed by atoms with Crippen molar-refractivity contribution in [3.05, 3.63) is 29.7 Å². The molecule has 1 aromatic heterocycles. The topological polar surface area (TPSA) is 91.9 Å². The molecule has 1 rings (SSSR count). The van der Waals surface area contributed by atoms with Crippen LogP contribution in [0.3, 0.4) is 0 Å². The highest BCUT2D eigenvalue weighted by molar-refractivity contribution is 8.00. The van der Waals surface area contributed by atoms with Gasteiger partial charge >= 0.3 is 0 Å². The van der Waals surface area contributed by atoms with Crippen molar-refractivity contribution >= 4 is 21.8 Å². The molecular formula is C7H9N3O3S2. The number of hydrogen-bond acceptors (Lipinski definition) is 5. The Morgan fingerprint density at radius 3 is 2.93 bits per heavy atom. The first-order valence-electron chi connectivity index (χ1n) is 3.92. The second-order valence-corrected chi connectivity index (χ2v) is 5.48. The summed E-state index contributed by atoms with van der Waals surface area (Å²) in [6, 6.07) is 1.28. The van der Waals surface area contributed by atoms with Gasteiger partial charge in [0.2, 0.25) is 10.0 Å². The molecule has 0 saturated carbocycles. The van der Waals surface area contributed by atoms with Crippen molar-refractivity contribution in [1.29, 1.82) is 0 Å². The first-order valence-corrected chi connectivity index (χ1v) is 6.55. The molecule has 15 heavy (non-hydrogen) atoms. The largest absolute Gasteiger partial charge is 0.301 e. The molecule has 0 aliphatic carbocycles. The maximum Gasteiger partial charge on any atom is 0.251 e. The highest BCUT2D eigenvalue weighted by Crippen LogP contribution is 2.09. The Hall–Kier alpha value is -0.860. The smallest absolute Gasteiger partial charge is 0.251 e. The fourth-order valence-electron chi connectivity index (χ4n) is 0.732. The van der Waals surface area contributed by atoms with Gasteiger partial charge in [0, 0.05) is 18.0 Å². The van der Waals surface area contributed by atoms with Crippen LogP contribution >= 0.6 is 11.8 Å². The van der Waals surface area contributed by atoms with Crippen LogP contribution in [-0.4, -0.2) is 29.9 Å². The summed E-state index contributed by atoms with van der Waals surface area (Å²) in [4.78, 5) is 17.2. The number of aromatic amines is 1. The van der Waals surface area contributed by atoms with E-state index >= 15 is 0 Å². The monoisotopic (exact) mass is 247 g/mol. The van der Waals surface area contributed by atoms with E-state index in [4.69, 9.17) is 7.05 Å². The zero-order valence-electron chi connectivity index (χ0n) is 7.63. The van der Waals surface area contributed by atoms with E-state index in [-0.39, 0.29) is 17.1 Å². The molecule has 82 valence electrons. The lowest BCUT2D eigenvalue weighted by molar-refractivity contribution is 0.592. The summed E-state index contributed by atoms with van der Waals surface area (Å²) in [5.74, 6) is 0.131. The summed E-state index contributed by atoms with van der Waals surface area (Å²) in [7, 11) is 1.38. The van der Waals surface area contributed by atoms with Gasteiger partial charge in [-0.2, -0.15) is 0 Å². The van der Waals surface area contributed by atoms with Gasteiger partial charge in [-0.05, 0) is 0 Å². The summed E-state index contributed by atoms with van der Waals surface area (Å²) < 4.78 is 23.5. The van der Waals surface area contributed by atoms with E-state index in [1.165, 1.54) is 12.3 Å². The van der Waals surface area contributed by atoms with Crippen LogP contribution in [-0.2, 0) is 10.0 Å². The Labute approximate surface area is 91.6 Å². The van der Waals surface area contributed by atoms with Crippen molar-refractivity contribution in [2.75, 3.05) is 11.5 Å². The molecular weight excluding hydrogens is 238 g/mol. The van der Waals surface area contributed by atoms with Gasteiger partial charge in [-0.3, -0.25) is 4.79 Å². The molecule has 1 heterocycles. The van der Waals surface area contributed by atoms with Crippen LogP contribution in [0.25, 0.3) is 0 Å². The van der Waals surface area contributed by atoms with E-state index in [1.807, 2.05) is 0 Å². The lowest BCUT2D eigenvalue weighted by atomic mass is 10.7. The van der Waals surface area contributed by atoms with Crippen molar-refractivity contribution in [1.82, 2.24) is 14.7 Å². The van der Waals surface area contributed by atoms with Crippen LogP contribution in [0.15, 0.2) is 22.2 Å². The molecule has 0 amide bonds. The summed E-state index contributed by atoms with van der Waals surface area (Å²) in [5.41, 5.74) is -0.271. The molecule has 1 aromatic rings. The van der Waals surface area contributed by atoms with Crippen LogP contribution in [0.4, 0.5) is 0 Å². The first kappa shape index (κ1) is 12.2. The maximum atomic E-state index is 10.9. The van der Waals surface area contributed by atoms with Gasteiger partial charge in [0.05, 0.1) is 12.8 Å². The molecule has 0 unspecified atom stereocenters.